The van der Waals surface area contributed by atoms with Gasteiger partial charge in [0, 0.05) is 0 Å². The van der Waals surface area contributed by atoms with E-state index in [0.29, 0.717) is 22.4 Å². The quantitative estimate of drug-likeness (QED) is 0.485. The number of thioether (sulfide) groups is 1. The number of amidine groups is 1. The molecule has 0 spiro atoms. The van der Waals surface area contributed by atoms with E-state index >= 15 is 0 Å². The number of nitrogens with zero attached hydrogens (tertiary/aromatic N) is 4. The number of allylic oxidation sites excluding steroid dienone is 1. The van der Waals surface area contributed by atoms with Crippen molar-refractivity contribution in [2.75, 3.05) is 6.61 Å². The summed E-state index contributed by atoms with van der Waals surface area (Å²) in [7, 11) is 0. The van der Waals surface area contributed by atoms with Gasteiger partial charge >= 0.3 is 0 Å². The zero-order chi connectivity index (χ0) is 16.2. The number of amides is 1. The number of carbonyl (C=O) groups is 1. The molecule has 0 fully saturated rings. The number of fused-ring (bicyclic) bond motifs is 1. The van der Waals surface area contributed by atoms with Crippen LogP contribution in [0.2, 0.25) is 0 Å². The molecule has 0 aliphatic carbocycles. The van der Waals surface area contributed by atoms with Crippen LogP contribution in [0.15, 0.2) is 56.7 Å². The minimum absolute atomic E-state index is 0.256. The van der Waals surface area contributed by atoms with Crippen molar-refractivity contribution in [2.24, 2.45) is 9.98 Å². The molecule has 2 heterocycles. The summed E-state index contributed by atoms with van der Waals surface area (Å²) < 4.78 is 5.06. The van der Waals surface area contributed by atoms with Gasteiger partial charge in [-0.15, -0.1) is 0 Å². The van der Waals surface area contributed by atoms with Crippen LogP contribution in [0.1, 0.15) is 12.5 Å². The first kappa shape index (κ1) is 15.1. The molecule has 1 amide bonds. The van der Waals surface area contributed by atoms with E-state index in [1.54, 1.807) is 6.08 Å². The van der Waals surface area contributed by atoms with Gasteiger partial charge in [0.05, 0.1) is 6.61 Å². The lowest BCUT2D eigenvalue weighted by atomic mass is 10.2. The van der Waals surface area contributed by atoms with E-state index < -0.39 is 0 Å². The van der Waals surface area contributed by atoms with Crippen LogP contribution < -0.4 is 0 Å². The largest absolute Gasteiger partial charge is 0.483 e. The summed E-state index contributed by atoms with van der Waals surface area (Å²) in [5.41, 5.74) is 1.20. The molecule has 0 bridgehead atoms. The number of nitriles is 1. The van der Waals surface area contributed by atoms with Crippen molar-refractivity contribution < 1.29 is 9.53 Å². The molecule has 114 valence electrons. The molecule has 1 aromatic carbocycles. The Kier molecular flexibility index (Phi) is 4.26. The maximum Gasteiger partial charge on any atom is 0.284 e. The maximum atomic E-state index is 12.6. The number of rotatable bonds is 4. The molecule has 6 nitrogen and oxygen atoms in total. The van der Waals surface area contributed by atoms with Gasteiger partial charge in [-0.3, -0.25) is 4.79 Å². The fourth-order valence-electron chi connectivity index (χ4n) is 2.05. The third-order valence-electron chi connectivity index (χ3n) is 3.06. The molecule has 2 aliphatic heterocycles. The van der Waals surface area contributed by atoms with Gasteiger partial charge in [-0.1, -0.05) is 30.3 Å². The molecular formula is C16H12N4O2S. The summed E-state index contributed by atoms with van der Waals surface area (Å²) in [6, 6.07) is 11.5. The van der Waals surface area contributed by atoms with E-state index in [1.807, 2.05) is 43.3 Å². The molecule has 23 heavy (non-hydrogen) atoms. The van der Waals surface area contributed by atoms with Gasteiger partial charge in [0.1, 0.15) is 16.7 Å². The van der Waals surface area contributed by atoms with Crippen LogP contribution in [-0.4, -0.2) is 29.0 Å². The normalized spacial score (nSPS) is 18.6. The van der Waals surface area contributed by atoms with Gasteiger partial charge in [0.15, 0.2) is 17.4 Å². The Morgan fingerprint density at radius 3 is 2.91 bits per heavy atom. The molecule has 0 atom stereocenters. The van der Waals surface area contributed by atoms with Crippen LogP contribution in [0.4, 0.5) is 0 Å². The average Bonchev–Trinajstić information content (AvgIpc) is 3.06. The lowest BCUT2D eigenvalue weighted by Gasteiger charge is -2.09. The molecule has 0 aromatic heterocycles. The van der Waals surface area contributed by atoms with Crippen molar-refractivity contribution in [2.45, 2.75) is 6.92 Å². The highest BCUT2D eigenvalue weighted by molar-refractivity contribution is 8.17. The van der Waals surface area contributed by atoms with Crippen LogP contribution in [0.25, 0.3) is 6.08 Å². The van der Waals surface area contributed by atoms with Gasteiger partial charge in [-0.05, 0) is 30.3 Å². The minimum atomic E-state index is -0.301. The van der Waals surface area contributed by atoms with Crippen LogP contribution in [-0.2, 0) is 9.53 Å². The Morgan fingerprint density at radius 1 is 1.43 bits per heavy atom. The summed E-state index contributed by atoms with van der Waals surface area (Å²) in [4.78, 5) is 22.6. The van der Waals surface area contributed by atoms with Crippen molar-refractivity contribution in [1.29, 1.82) is 5.26 Å². The van der Waals surface area contributed by atoms with Crippen LogP contribution in [0, 0.1) is 11.3 Å². The summed E-state index contributed by atoms with van der Waals surface area (Å²) in [5.74, 6) is -0.0450. The summed E-state index contributed by atoms with van der Waals surface area (Å²) >= 11 is 1.13. The first-order valence-electron chi connectivity index (χ1n) is 6.91. The van der Waals surface area contributed by atoms with E-state index in [-0.39, 0.29) is 11.7 Å². The van der Waals surface area contributed by atoms with E-state index in [1.165, 1.54) is 11.3 Å². The van der Waals surface area contributed by atoms with E-state index in [2.05, 4.69) is 9.98 Å². The molecule has 0 saturated heterocycles. The van der Waals surface area contributed by atoms with Crippen molar-refractivity contribution >= 4 is 35.3 Å². The van der Waals surface area contributed by atoms with E-state index in [0.717, 1.165) is 17.3 Å². The number of benzene rings is 1. The molecule has 1 aromatic rings. The fraction of sp³-hybridized carbons (Fsp3) is 0.125. The van der Waals surface area contributed by atoms with Gasteiger partial charge in [0.25, 0.3) is 5.91 Å². The molecule has 0 unspecified atom stereocenters. The molecule has 0 N–H and O–H groups in total. The van der Waals surface area contributed by atoms with Gasteiger partial charge < -0.3 is 4.74 Å². The average molecular weight is 324 g/mol. The monoisotopic (exact) mass is 324 g/mol. The highest BCUT2D eigenvalue weighted by Crippen LogP contribution is 2.39. The van der Waals surface area contributed by atoms with Crippen molar-refractivity contribution in [1.82, 2.24) is 4.90 Å². The first-order chi connectivity index (χ1) is 11.2. The van der Waals surface area contributed by atoms with Gasteiger partial charge in [-0.25, -0.2) is 14.9 Å². The smallest absolute Gasteiger partial charge is 0.284 e. The van der Waals surface area contributed by atoms with Gasteiger partial charge in [0.2, 0.25) is 0 Å². The lowest BCUT2D eigenvalue weighted by Crippen LogP contribution is -2.25. The Labute approximate surface area is 137 Å². The third-order valence-corrected chi connectivity index (χ3v) is 3.99. The van der Waals surface area contributed by atoms with E-state index in [9.17, 15) is 10.1 Å². The standard InChI is InChI=1S/C16H12N4O2S/c1-2-22-10-18-14-13(9-17)23-16-19-12(15(21)20(14)16)8-11-6-4-3-5-7-11/h3-8,10H,2H2,1H3/b12-8-,18-10?. The highest BCUT2D eigenvalue weighted by atomic mass is 32.2. The molecule has 0 radical (unpaired) electrons. The molecular weight excluding hydrogens is 312 g/mol. The Hall–Kier alpha value is -2.85. The molecule has 0 saturated carbocycles. The van der Waals surface area contributed by atoms with Crippen molar-refractivity contribution in [3.63, 3.8) is 0 Å². The Bertz CT molecular complexity index is 803. The lowest BCUT2D eigenvalue weighted by molar-refractivity contribution is -0.121. The SMILES string of the molecule is CCOC=NC1=C(C#N)SC2=N/C(=C\c3ccccc3)C(=O)N21. The molecule has 2 aliphatic rings. The molecule has 3 rings (SSSR count). The number of ether oxygens (including phenoxy) is 1. The second-order valence-electron chi connectivity index (χ2n) is 4.53. The fourth-order valence-corrected chi connectivity index (χ4v) is 2.92. The van der Waals surface area contributed by atoms with Crippen LogP contribution >= 0.6 is 11.8 Å². The Morgan fingerprint density at radius 2 is 2.22 bits per heavy atom. The van der Waals surface area contributed by atoms with Gasteiger partial charge in [-0.2, -0.15) is 5.26 Å². The van der Waals surface area contributed by atoms with Crippen molar-refractivity contribution in [3.8, 4) is 6.07 Å². The number of aliphatic imine (C=N–C) groups is 2. The predicted octanol–water partition coefficient (Wildman–Crippen LogP) is 2.73. The predicted molar refractivity (Wildman–Crippen MR) is 89.0 cm³/mol. The number of carbonyl (C=O) groups excluding carboxylic acids is 1. The number of hydrogen-bond donors (Lipinski definition) is 0. The minimum Gasteiger partial charge on any atom is -0.483 e. The van der Waals surface area contributed by atoms with Crippen LogP contribution in [0.5, 0.6) is 0 Å². The van der Waals surface area contributed by atoms with Crippen LogP contribution in [0.3, 0.4) is 0 Å². The summed E-state index contributed by atoms with van der Waals surface area (Å²) in [5, 5.41) is 9.63. The summed E-state index contributed by atoms with van der Waals surface area (Å²) in [6.45, 7) is 2.28. The number of hydrogen-bond acceptors (Lipinski definition) is 6. The Balaban J connectivity index is 1.91. The second-order valence-corrected chi connectivity index (χ2v) is 5.51. The maximum absolute atomic E-state index is 12.6. The van der Waals surface area contributed by atoms with E-state index in [4.69, 9.17) is 4.74 Å². The zero-order valence-electron chi connectivity index (χ0n) is 12.3. The topological polar surface area (TPSA) is 78.0 Å². The molecule has 7 heteroatoms. The highest BCUT2D eigenvalue weighted by Gasteiger charge is 2.41. The summed E-state index contributed by atoms with van der Waals surface area (Å²) in [6.07, 6.45) is 2.95. The first-order valence-corrected chi connectivity index (χ1v) is 7.72. The second kappa shape index (κ2) is 6.50. The third kappa shape index (κ3) is 2.89. The zero-order valence-corrected chi connectivity index (χ0v) is 13.1. The van der Waals surface area contributed by atoms with Crippen molar-refractivity contribution in [3.05, 3.63) is 52.3 Å².